The molecule has 2 rings (SSSR count). The van der Waals surface area contributed by atoms with Crippen LogP contribution in [0.1, 0.15) is 25.5 Å². The molecular formula is C12H17N3O3. The Balaban J connectivity index is 2.05. The molecule has 6 heteroatoms. The molecule has 0 saturated carbocycles. The van der Waals surface area contributed by atoms with Gasteiger partial charge in [-0.25, -0.2) is 4.98 Å². The molecule has 2 unspecified atom stereocenters. The summed E-state index contributed by atoms with van der Waals surface area (Å²) in [5, 5.41) is 14.0. The molecule has 1 saturated heterocycles. The van der Waals surface area contributed by atoms with Gasteiger partial charge in [-0.05, 0) is 32.8 Å². The van der Waals surface area contributed by atoms with E-state index in [4.69, 9.17) is 4.74 Å². The molecule has 0 amide bonds. The van der Waals surface area contributed by atoms with E-state index in [1.165, 1.54) is 6.07 Å². The number of nitro groups is 1. The summed E-state index contributed by atoms with van der Waals surface area (Å²) in [5.41, 5.74) is 0.492. The van der Waals surface area contributed by atoms with E-state index < -0.39 is 4.92 Å². The Morgan fingerprint density at radius 1 is 1.56 bits per heavy atom. The van der Waals surface area contributed by atoms with E-state index in [0.29, 0.717) is 17.6 Å². The van der Waals surface area contributed by atoms with Gasteiger partial charge in [-0.2, -0.15) is 0 Å². The number of aromatic nitrogens is 1. The number of pyridine rings is 1. The molecule has 1 aromatic heterocycles. The molecule has 0 spiro atoms. The second-order valence-corrected chi connectivity index (χ2v) is 4.61. The Labute approximate surface area is 106 Å². The standard InChI is InChI=1S/C12H17N3O3/c1-8-7-10(5-6-18-8)14-12-4-3-11(15(16)17)9(2)13-12/h3-4,8,10H,5-7H2,1-2H3,(H,13,14). The first-order chi connectivity index (χ1) is 8.56. The zero-order valence-corrected chi connectivity index (χ0v) is 10.5. The van der Waals surface area contributed by atoms with Crippen LogP contribution in [0.4, 0.5) is 11.5 Å². The van der Waals surface area contributed by atoms with Crippen molar-refractivity contribution in [3.8, 4) is 0 Å². The Morgan fingerprint density at radius 2 is 2.33 bits per heavy atom. The smallest absolute Gasteiger partial charge is 0.290 e. The van der Waals surface area contributed by atoms with Crippen molar-refractivity contribution >= 4 is 11.5 Å². The number of hydrogen-bond acceptors (Lipinski definition) is 5. The maximum absolute atomic E-state index is 10.7. The molecule has 2 heterocycles. The quantitative estimate of drug-likeness (QED) is 0.658. The Bertz CT molecular complexity index is 450. The third-order valence-electron chi connectivity index (χ3n) is 3.09. The third kappa shape index (κ3) is 2.95. The summed E-state index contributed by atoms with van der Waals surface area (Å²) in [6.45, 7) is 4.43. The van der Waals surface area contributed by atoms with Gasteiger partial charge in [0.1, 0.15) is 11.5 Å². The van der Waals surface area contributed by atoms with Gasteiger partial charge in [0.05, 0.1) is 11.0 Å². The van der Waals surface area contributed by atoms with E-state index in [2.05, 4.69) is 10.3 Å². The monoisotopic (exact) mass is 251 g/mol. The lowest BCUT2D eigenvalue weighted by atomic mass is 10.0. The highest BCUT2D eigenvalue weighted by molar-refractivity contribution is 5.45. The van der Waals surface area contributed by atoms with Crippen molar-refractivity contribution < 1.29 is 9.66 Å². The molecule has 1 fully saturated rings. The Morgan fingerprint density at radius 3 is 2.94 bits per heavy atom. The minimum atomic E-state index is -0.414. The molecule has 6 nitrogen and oxygen atoms in total. The average molecular weight is 251 g/mol. The van der Waals surface area contributed by atoms with Crippen molar-refractivity contribution in [2.75, 3.05) is 11.9 Å². The largest absolute Gasteiger partial charge is 0.378 e. The van der Waals surface area contributed by atoms with Gasteiger partial charge in [0.25, 0.3) is 5.69 Å². The summed E-state index contributed by atoms with van der Waals surface area (Å²) in [5.74, 6) is 0.692. The predicted molar refractivity (Wildman–Crippen MR) is 67.7 cm³/mol. The number of nitrogens with zero attached hydrogens (tertiary/aromatic N) is 2. The summed E-state index contributed by atoms with van der Waals surface area (Å²) in [4.78, 5) is 14.5. The highest BCUT2D eigenvalue weighted by atomic mass is 16.6. The number of rotatable bonds is 3. The molecule has 0 bridgehead atoms. The van der Waals surface area contributed by atoms with Gasteiger partial charge in [-0.3, -0.25) is 10.1 Å². The summed E-state index contributed by atoms with van der Waals surface area (Å²) >= 11 is 0. The lowest BCUT2D eigenvalue weighted by Gasteiger charge is -2.28. The summed E-state index contributed by atoms with van der Waals surface area (Å²) in [6, 6.07) is 3.47. The minimum Gasteiger partial charge on any atom is -0.378 e. The van der Waals surface area contributed by atoms with Crippen LogP contribution in [0.25, 0.3) is 0 Å². The van der Waals surface area contributed by atoms with Crippen molar-refractivity contribution in [2.24, 2.45) is 0 Å². The van der Waals surface area contributed by atoms with Gasteiger partial charge in [-0.1, -0.05) is 0 Å². The van der Waals surface area contributed by atoms with Crippen LogP contribution < -0.4 is 5.32 Å². The van der Waals surface area contributed by atoms with Crippen LogP contribution in [0.2, 0.25) is 0 Å². The van der Waals surface area contributed by atoms with Crippen LogP contribution in [-0.2, 0) is 4.74 Å². The second-order valence-electron chi connectivity index (χ2n) is 4.61. The van der Waals surface area contributed by atoms with Gasteiger partial charge in [0.2, 0.25) is 0 Å². The maximum Gasteiger partial charge on any atom is 0.290 e. The lowest BCUT2D eigenvalue weighted by Crippen LogP contribution is -2.32. The van der Waals surface area contributed by atoms with Crippen molar-refractivity contribution in [2.45, 2.75) is 38.8 Å². The average Bonchev–Trinajstić information content (AvgIpc) is 2.28. The number of ether oxygens (including phenoxy) is 1. The van der Waals surface area contributed by atoms with Gasteiger partial charge in [0.15, 0.2) is 0 Å². The topological polar surface area (TPSA) is 77.3 Å². The summed E-state index contributed by atoms with van der Waals surface area (Å²) in [7, 11) is 0. The number of hydrogen-bond donors (Lipinski definition) is 1. The first-order valence-corrected chi connectivity index (χ1v) is 6.06. The Hall–Kier alpha value is -1.69. The van der Waals surface area contributed by atoms with E-state index in [9.17, 15) is 10.1 Å². The molecule has 98 valence electrons. The van der Waals surface area contributed by atoms with E-state index >= 15 is 0 Å². The highest BCUT2D eigenvalue weighted by Gasteiger charge is 2.20. The predicted octanol–water partition coefficient (Wildman–Crippen LogP) is 2.28. The second kappa shape index (κ2) is 5.30. The number of nitrogens with one attached hydrogen (secondary N) is 1. The molecule has 2 atom stereocenters. The molecule has 0 aliphatic carbocycles. The fourth-order valence-corrected chi connectivity index (χ4v) is 2.17. The van der Waals surface area contributed by atoms with E-state index in [0.717, 1.165) is 19.4 Å². The summed E-state index contributed by atoms with van der Waals surface area (Å²) in [6.07, 6.45) is 2.11. The van der Waals surface area contributed by atoms with Crippen molar-refractivity contribution in [1.82, 2.24) is 4.98 Å². The lowest BCUT2D eigenvalue weighted by molar-refractivity contribution is -0.385. The minimum absolute atomic E-state index is 0.0564. The van der Waals surface area contributed by atoms with Gasteiger partial charge >= 0.3 is 0 Å². The fourth-order valence-electron chi connectivity index (χ4n) is 2.17. The van der Waals surface area contributed by atoms with E-state index in [-0.39, 0.29) is 11.8 Å². The van der Waals surface area contributed by atoms with Crippen molar-refractivity contribution in [3.05, 3.63) is 27.9 Å². The number of aryl methyl sites for hydroxylation is 1. The molecule has 18 heavy (non-hydrogen) atoms. The first-order valence-electron chi connectivity index (χ1n) is 6.06. The zero-order chi connectivity index (χ0) is 13.1. The molecular weight excluding hydrogens is 234 g/mol. The molecule has 0 aromatic carbocycles. The van der Waals surface area contributed by atoms with Crippen LogP contribution in [0, 0.1) is 17.0 Å². The first kappa shape index (κ1) is 12.8. The summed E-state index contributed by atoms with van der Waals surface area (Å²) < 4.78 is 5.47. The van der Waals surface area contributed by atoms with Crippen LogP contribution in [-0.4, -0.2) is 28.7 Å². The van der Waals surface area contributed by atoms with Crippen LogP contribution in [0.5, 0.6) is 0 Å². The van der Waals surface area contributed by atoms with Crippen molar-refractivity contribution in [1.29, 1.82) is 0 Å². The molecule has 0 radical (unpaired) electrons. The zero-order valence-electron chi connectivity index (χ0n) is 10.5. The fraction of sp³-hybridized carbons (Fsp3) is 0.583. The third-order valence-corrected chi connectivity index (χ3v) is 3.09. The van der Waals surface area contributed by atoms with Crippen LogP contribution >= 0.6 is 0 Å². The molecule has 1 N–H and O–H groups in total. The van der Waals surface area contributed by atoms with E-state index in [1.807, 2.05) is 6.92 Å². The molecule has 1 aliphatic rings. The normalized spacial score (nSPS) is 23.7. The number of anilines is 1. The maximum atomic E-state index is 10.7. The van der Waals surface area contributed by atoms with Gasteiger partial charge in [-0.15, -0.1) is 0 Å². The van der Waals surface area contributed by atoms with E-state index in [1.54, 1.807) is 13.0 Å². The Kier molecular flexibility index (Phi) is 3.76. The SMILES string of the molecule is Cc1nc(NC2CCOC(C)C2)ccc1[N+](=O)[O-]. The van der Waals surface area contributed by atoms with Crippen LogP contribution in [0.15, 0.2) is 12.1 Å². The van der Waals surface area contributed by atoms with Crippen LogP contribution in [0.3, 0.4) is 0 Å². The van der Waals surface area contributed by atoms with Gasteiger partial charge in [0, 0.05) is 18.7 Å². The molecule has 1 aliphatic heterocycles. The van der Waals surface area contributed by atoms with Gasteiger partial charge < -0.3 is 10.1 Å². The molecule has 1 aromatic rings. The highest BCUT2D eigenvalue weighted by Crippen LogP contribution is 2.21. The van der Waals surface area contributed by atoms with Crippen molar-refractivity contribution in [3.63, 3.8) is 0 Å².